The van der Waals surface area contributed by atoms with Gasteiger partial charge in [-0.3, -0.25) is 4.79 Å². The minimum atomic E-state index is -4.58. The predicted molar refractivity (Wildman–Crippen MR) is 80.0 cm³/mol. The van der Waals surface area contributed by atoms with Crippen LogP contribution in [0, 0.1) is 5.82 Å². The minimum absolute atomic E-state index is 0.0219. The molecule has 0 bridgehead atoms. The van der Waals surface area contributed by atoms with Crippen LogP contribution in [0.1, 0.15) is 5.56 Å². The Morgan fingerprint density at radius 2 is 1.78 bits per heavy atom. The first-order valence-corrected chi connectivity index (χ1v) is 6.80. The average molecular weight is 347 g/mol. The zero-order valence-electron chi connectivity index (χ0n) is 11.5. The third-order valence-corrected chi connectivity index (χ3v) is 3.11. The monoisotopic (exact) mass is 346 g/mol. The van der Waals surface area contributed by atoms with Gasteiger partial charge in [-0.1, -0.05) is 23.7 Å². The van der Waals surface area contributed by atoms with Crippen molar-refractivity contribution in [1.82, 2.24) is 0 Å². The molecule has 8 heteroatoms. The number of anilines is 2. The Bertz CT molecular complexity index is 719. The lowest BCUT2D eigenvalue weighted by Crippen LogP contribution is -2.23. The molecule has 0 unspecified atom stereocenters. The van der Waals surface area contributed by atoms with Crippen LogP contribution >= 0.6 is 11.6 Å². The predicted octanol–water partition coefficient (Wildman–Crippen LogP) is 4.55. The maximum Gasteiger partial charge on any atom is 0.418 e. The highest BCUT2D eigenvalue weighted by Gasteiger charge is 2.33. The van der Waals surface area contributed by atoms with Gasteiger partial charge < -0.3 is 10.6 Å². The summed E-state index contributed by atoms with van der Waals surface area (Å²) < 4.78 is 52.0. The Kier molecular flexibility index (Phi) is 5.10. The van der Waals surface area contributed by atoms with E-state index in [1.54, 1.807) is 0 Å². The fraction of sp³-hybridized carbons (Fsp3) is 0.133. The summed E-state index contributed by atoms with van der Waals surface area (Å²) in [6.45, 7) is -0.398. The molecular formula is C15H11ClF4N2O. The highest BCUT2D eigenvalue weighted by molar-refractivity contribution is 6.30. The second-order valence-electron chi connectivity index (χ2n) is 4.57. The Morgan fingerprint density at radius 3 is 2.43 bits per heavy atom. The number of benzene rings is 2. The highest BCUT2D eigenvalue weighted by Crippen LogP contribution is 2.34. The second-order valence-corrected chi connectivity index (χ2v) is 5.01. The summed E-state index contributed by atoms with van der Waals surface area (Å²) in [6.07, 6.45) is -4.58. The van der Waals surface area contributed by atoms with E-state index in [4.69, 9.17) is 11.6 Å². The van der Waals surface area contributed by atoms with Gasteiger partial charge in [0.05, 0.1) is 23.5 Å². The van der Waals surface area contributed by atoms with Crippen molar-refractivity contribution in [2.24, 2.45) is 0 Å². The smallest absolute Gasteiger partial charge is 0.374 e. The minimum Gasteiger partial charge on any atom is -0.374 e. The van der Waals surface area contributed by atoms with Gasteiger partial charge in [-0.2, -0.15) is 13.2 Å². The van der Waals surface area contributed by atoms with E-state index in [0.717, 1.165) is 18.2 Å². The van der Waals surface area contributed by atoms with Gasteiger partial charge in [0, 0.05) is 5.02 Å². The number of halogens is 5. The van der Waals surface area contributed by atoms with E-state index >= 15 is 0 Å². The average Bonchev–Trinajstić information content (AvgIpc) is 2.46. The van der Waals surface area contributed by atoms with E-state index in [1.807, 2.05) is 0 Å². The fourth-order valence-corrected chi connectivity index (χ4v) is 2.00. The molecule has 2 rings (SSSR count). The van der Waals surface area contributed by atoms with Crippen molar-refractivity contribution in [3.63, 3.8) is 0 Å². The van der Waals surface area contributed by atoms with Gasteiger partial charge >= 0.3 is 6.18 Å². The van der Waals surface area contributed by atoms with Crippen molar-refractivity contribution < 1.29 is 22.4 Å². The van der Waals surface area contributed by atoms with Crippen molar-refractivity contribution in [3.8, 4) is 0 Å². The molecule has 0 fully saturated rings. The van der Waals surface area contributed by atoms with Gasteiger partial charge in [-0.15, -0.1) is 0 Å². The Labute approximate surface area is 134 Å². The molecule has 0 aliphatic carbocycles. The van der Waals surface area contributed by atoms with E-state index in [0.29, 0.717) is 0 Å². The van der Waals surface area contributed by atoms with Crippen LogP contribution in [0.5, 0.6) is 0 Å². The molecule has 0 heterocycles. The van der Waals surface area contributed by atoms with Crippen LogP contribution in [0.2, 0.25) is 5.02 Å². The number of hydrogen-bond donors (Lipinski definition) is 2. The molecule has 0 aliphatic heterocycles. The number of rotatable bonds is 4. The molecule has 1 amide bonds. The first-order chi connectivity index (χ1) is 10.8. The summed E-state index contributed by atoms with van der Waals surface area (Å²) in [5.41, 5.74) is -1.29. The Morgan fingerprint density at radius 1 is 1.09 bits per heavy atom. The number of para-hydroxylation sites is 1. The summed E-state index contributed by atoms with van der Waals surface area (Å²) >= 11 is 5.59. The van der Waals surface area contributed by atoms with Crippen LogP contribution in [0.3, 0.4) is 0 Å². The summed E-state index contributed by atoms with van der Waals surface area (Å²) in [4.78, 5) is 11.8. The summed E-state index contributed by atoms with van der Waals surface area (Å²) in [5.74, 6) is -1.41. The molecule has 0 saturated carbocycles. The van der Waals surface area contributed by atoms with Gasteiger partial charge in [0.2, 0.25) is 5.91 Å². The zero-order chi connectivity index (χ0) is 17.0. The van der Waals surface area contributed by atoms with Gasteiger partial charge in [0.1, 0.15) is 5.82 Å². The Hall–Kier alpha value is -2.28. The molecule has 0 atom stereocenters. The standard InChI is InChI=1S/C15H11ClF4N2O/c16-9-5-6-13(11(17)7-9)21-8-14(23)22-12-4-2-1-3-10(12)15(18,19)20/h1-7,21H,8H2,(H,22,23). The zero-order valence-corrected chi connectivity index (χ0v) is 12.3. The summed E-state index contributed by atoms with van der Waals surface area (Å²) in [7, 11) is 0. The molecule has 122 valence electrons. The van der Waals surface area contributed by atoms with E-state index < -0.39 is 30.0 Å². The van der Waals surface area contributed by atoms with Crippen molar-refractivity contribution >= 4 is 28.9 Å². The Balaban J connectivity index is 2.03. The fourth-order valence-electron chi connectivity index (χ4n) is 1.84. The third-order valence-electron chi connectivity index (χ3n) is 2.88. The first-order valence-electron chi connectivity index (χ1n) is 6.42. The molecular weight excluding hydrogens is 336 g/mol. The number of hydrogen-bond acceptors (Lipinski definition) is 2. The van der Waals surface area contributed by atoms with Gasteiger partial charge in [-0.05, 0) is 30.3 Å². The molecule has 0 aromatic heterocycles. The molecule has 2 aromatic rings. The van der Waals surface area contributed by atoms with Crippen LogP contribution in [-0.4, -0.2) is 12.5 Å². The van der Waals surface area contributed by atoms with E-state index in [1.165, 1.54) is 24.3 Å². The molecule has 2 aromatic carbocycles. The lowest BCUT2D eigenvalue weighted by molar-refractivity contribution is -0.137. The van der Waals surface area contributed by atoms with Crippen LogP contribution in [-0.2, 0) is 11.0 Å². The maximum absolute atomic E-state index is 13.5. The second kappa shape index (κ2) is 6.87. The molecule has 0 spiro atoms. The molecule has 23 heavy (non-hydrogen) atoms. The van der Waals surface area contributed by atoms with Crippen LogP contribution < -0.4 is 10.6 Å². The quantitative estimate of drug-likeness (QED) is 0.797. The highest BCUT2D eigenvalue weighted by atomic mass is 35.5. The van der Waals surface area contributed by atoms with Crippen LogP contribution in [0.25, 0.3) is 0 Å². The van der Waals surface area contributed by atoms with Gasteiger partial charge in [0.25, 0.3) is 0 Å². The van der Waals surface area contributed by atoms with Crippen molar-refractivity contribution in [1.29, 1.82) is 0 Å². The normalized spacial score (nSPS) is 11.2. The molecule has 0 saturated heterocycles. The van der Waals surface area contributed by atoms with Gasteiger partial charge in [-0.25, -0.2) is 4.39 Å². The number of carbonyl (C=O) groups is 1. The molecule has 0 aliphatic rings. The van der Waals surface area contributed by atoms with Crippen LogP contribution in [0.15, 0.2) is 42.5 Å². The molecule has 0 radical (unpaired) electrons. The van der Waals surface area contributed by atoms with Crippen molar-refractivity contribution in [2.45, 2.75) is 6.18 Å². The number of alkyl halides is 3. The van der Waals surface area contributed by atoms with E-state index in [-0.39, 0.29) is 16.4 Å². The molecule has 2 N–H and O–H groups in total. The van der Waals surface area contributed by atoms with Crippen molar-refractivity contribution in [3.05, 3.63) is 58.9 Å². The largest absolute Gasteiger partial charge is 0.418 e. The number of carbonyl (C=O) groups excluding carboxylic acids is 1. The summed E-state index contributed by atoms with van der Waals surface area (Å²) in [6, 6.07) is 8.40. The number of nitrogens with one attached hydrogen (secondary N) is 2. The lowest BCUT2D eigenvalue weighted by Gasteiger charge is -2.14. The molecule has 3 nitrogen and oxygen atoms in total. The van der Waals surface area contributed by atoms with E-state index in [9.17, 15) is 22.4 Å². The third kappa shape index (κ3) is 4.59. The van der Waals surface area contributed by atoms with Crippen molar-refractivity contribution in [2.75, 3.05) is 17.2 Å². The maximum atomic E-state index is 13.5. The van der Waals surface area contributed by atoms with Crippen LogP contribution in [0.4, 0.5) is 28.9 Å². The topological polar surface area (TPSA) is 41.1 Å². The van der Waals surface area contributed by atoms with Gasteiger partial charge in [0.15, 0.2) is 0 Å². The lowest BCUT2D eigenvalue weighted by atomic mass is 10.1. The summed E-state index contributed by atoms with van der Waals surface area (Å²) in [5, 5.41) is 4.83. The number of amides is 1. The first kappa shape index (κ1) is 17.1. The SMILES string of the molecule is O=C(CNc1ccc(Cl)cc1F)Nc1ccccc1C(F)(F)F. The van der Waals surface area contributed by atoms with E-state index in [2.05, 4.69) is 10.6 Å².